The van der Waals surface area contributed by atoms with Crippen molar-refractivity contribution in [1.29, 1.82) is 0 Å². The molecule has 0 spiro atoms. The second kappa shape index (κ2) is 9.19. The number of amides is 2. The van der Waals surface area contributed by atoms with Crippen LogP contribution in [0.25, 0.3) is 0 Å². The summed E-state index contributed by atoms with van der Waals surface area (Å²) >= 11 is 0. The van der Waals surface area contributed by atoms with Crippen molar-refractivity contribution in [2.45, 2.75) is 39.0 Å². The molecule has 1 aromatic heterocycles. The van der Waals surface area contributed by atoms with Crippen molar-refractivity contribution in [3.8, 4) is 0 Å². The Bertz CT molecular complexity index is 1150. The number of carbonyl (C=O) groups is 2. The molecule has 7 heteroatoms. The van der Waals surface area contributed by atoms with Gasteiger partial charge in [0.15, 0.2) is 5.69 Å². The van der Waals surface area contributed by atoms with Gasteiger partial charge in [0.25, 0.3) is 5.91 Å². The summed E-state index contributed by atoms with van der Waals surface area (Å²) in [6.45, 7) is 4.09. The molecule has 1 fully saturated rings. The number of aryl methyl sites for hydroxylation is 1. The summed E-state index contributed by atoms with van der Waals surface area (Å²) in [6, 6.07) is 17.9. The number of rotatable bonds is 4. The Morgan fingerprint density at radius 2 is 1.85 bits per heavy atom. The highest BCUT2D eigenvalue weighted by atomic mass is 16.5. The lowest BCUT2D eigenvalue weighted by atomic mass is 9.95. The van der Waals surface area contributed by atoms with Gasteiger partial charge in [-0.1, -0.05) is 42.5 Å². The highest BCUT2D eigenvalue weighted by Crippen LogP contribution is 2.29. The zero-order valence-electron chi connectivity index (χ0n) is 18.7. The van der Waals surface area contributed by atoms with Crippen LogP contribution in [0.5, 0.6) is 0 Å². The molecule has 0 unspecified atom stereocenters. The van der Waals surface area contributed by atoms with E-state index in [2.05, 4.69) is 22.4 Å². The van der Waals surface area contributed by atoms with Crippen LogP contribution in [0, 0.1) is 12.8 Å². The third-order valence-corrected chi connectivity index (χ3v) is 6.54. The number of nitrogens with zero attached hydrogens (tertiary/aromatic N) is 3. The Hall–Kier alpha value is -3.45. The molecule has 1 N–H and O–H groups in total. The predicted molar refractivity (Wildman–Crippen MR) is 125 cm³/mol. The predicted octanol–water partition coefficient (Wildman–Crippen LogP) is 3.95. The maximum absolute atomic E-state index is 13.2. The van der Waals surface area contributed by atoms with Gasteiger partial charge >= 0.3 is 0 Å². The number of likely N-dealkylation sites (tertiary alicyclic amines) is 1. The van der Waals surface area contributed by atoms with Crippen molar-refractivity contribution in [3.05, 3.63) is 83.4 Å². The van der Waals surface area contributed by atoms with Crippen LogP contribution in [0.2, 0.25) is 0 Å². The Labute approximate surface area is 193 Å². The third-order valence-electron chi connectivity index (χ3n) is 6.54. The van der Waals surface area contributed by atoms with E-state index in [0.29, 0.717) is 44.8 Å². The molecular formula is C26H28N4O3. The molecule has 1 atom stereocenters. The van der Waals surface area contributed by atoms with Crippen molar-refractivity contribution in [3.63, 3.8) is 0 Å². The van der Waals surface area contributed by atoms with E-state index in [4.69, 9.17) is 4.74 Å². The maximum atomic E-state index is 13.2. The molecule has 7 nitrogen and oxygen atoms in total. The van der Waals surface area contributed by atoms with Crippen LogP contribution in [0.4, 0.5) is 5.69 Å². The van der Waals surface area contributed by atoms with Gasteiger partial charge in [0.2, 0.25) is 5.91 Å². The zero-order chi connectivity index (χ0) is 22.8. The van der Waals surface area contributed by atoms with Gasteiger partial charge in [0, 0.05) is 24.7 Å². The zero-order valence-corrected chi connectivity index (χ0v) is 18.7. The van der Waals surface area contributed by atoms with Crippen molar-refractivity contribution in [1.82, 2.24) is 14.5 Å². The number of aromatic nitrogens is 2. The molecule has 2 aliphatic heterocycles. The van der Waals surface area contributed by atoms with Crippen molar-refractivity contribution in [2.24, 2.45) is 5.92 Å². The molecule has 2 amide bonds. The molecule has 0 radical (unpaired) electrons. The van der Waals surface area contributed by atoms with Crippen LogP contribution in [0.15, 0.2) is 60.9 Å². The van der Waals surface area contributed by atoms with Gasteiger partial charge in [-0.25, -0.2) is 4.98 Å². The van der Waals surface area contributed by atoms with Gasteiger partial charge < -0.3 is 19.5 Å². The summed E-state index contributed by atoms with van der Waals surface area (Å²) in [5.41, 5.74) is 4.33. The number of imidazole rings is 1. The van der Waals surface area contributed by atoms with Gasteiger partial charge in [-0.05, 0) is 43.0 Å². The first kappa shape index (κ1) is 21.4. The molecule has 33 heavy (non-hydrogen) atoms. The number of fused-ring (bicyclic) bond motifs is 1. The molecule has 2 aliphatic rings. The minimum Gasteiger partial charge on any atom is -0.365 e. The van der Waals surface area contributed by atoms with Gasteiger partial charge in [0.1, 0.15) is 6.10 Å². The fourth-order valence-corrected chi connectivity index (χ4v) is 4.64. The molecular weight excluding hydrogens is 416 g/mol. The molecule has 3 aromatic rings. The van der Waals surface area contributed by atoms with E-state index >= 15 is 0 Å². The van der Waals surface area contributed by atoms with Gasteiger partial charge in [-0.3, -0.25) is 9.59 Å². The Kier molecular flexibility index (Phi) is 5.96. The first-order chi connectivity index (χ1) is 16.1. The fraction of sp³-hybridized carbons (Fsp3) is 0.346. The van der Waals surface area contributed by atoms with Crippen LogP contribution in [0.1, 0.15) is 46.3 Å². The molecule has 170 valence electrons. The van der Waals surface area contributed by atoms with E-state index < -0.39 is 0 Å². The molecule has 3 heterocycles. The number of ether oxygens (including phenoxy) is 1. The molecule has 1 saturated heterocycles. The van der Waals surface area contributed by atoms with Crippen LogP contribution >= 0.6 is 0 Å². The quantitative estimate of drug-likeness (QED) is 0.661. The lowest BCUT2D eigenvalue weighted by Gasteiger charge is -2.31. The third kappa shape index (κ3) is 4.54. The first-order valence-electron chi connectivity index (χ1n) is 11.5. The molecule has 0 aliphatic carbocycles. The first-order valence-corrected chi connectivity index (χ1v) is 11.5. The average Bonchev–Trinajstić information content (AvgIpc) is 3.27. The number of hydrogen-bond donors (Lipinski definition) is 1. The van der Waals surface area contributed by atoms with Gasteiger partial charge in [-0.15, -0.1) is 0 Å². The van der Waals surface area contributed by atoms with E-state index in [1.165, 1.54) is 0 Å². The van der Waals surface area contributed by atoms with Crippen LogP contribution in [0.3, 0.4) is 0 Å². The van der Waals surface area contributed by atoms with Gasteiger partial charge in [0.05, 0.1) is 25.2 Å². The summed E-state index contributed by atoms with van der Waals surface area (Å²) in [4.78, 5) is 32.1. The van der Waals surface area contributed by atoms with E-state index in [0.717, 1.165) is 22.5 Å². The highest BCUT2D eigenvalue weighted by Gasteiger charge is 2.32. The summed E-state index contributed by atoms with van der Waals surface area (Å²) in [5.74, 6) is -0.157. The smallest absolute Gasteiger partial charge is 0.274 e. The summed E-state index contributed by atoms with van der Waals surface area (Å²) in [5, 5.41) is 3.01. The largest absolute Gasteiger partial charge is 0.365 e. The van der Waals surface area contributed by atoms with Crippen LogP contribution < -0.4 is 5.32 Å². The SMILES string of the molecule is Cc1cccc(NC(=O)C2CCN(C(=O)c3ncn4c3CO[C@@H](c3ccccc3)C4)CC2)c1. The van der Waals surface area contributed by atoms with E-state index in [9.17, 15) is 9.59 Å². The van der Waals surface area contributed by atoms with Crippen molar-refractivity contribution >= 4 is 17.5 Å². The Morgan fingerprint density at radius 3 is 2.61 bits per heavy atom. The Morgan fingerprint density at radius 1 is 1.06 bits per heavy atom. The molecule has 2 aromatic carbocycles. The van der Waals surface area contributed by atoms with E-state index in [1.54, 1.807) is 6.33 Å². The van der Waals surface area contributed by atoms with Crippen molar-refractivity contribution in [2.75, 3.05) is 18.4 Å². The highest BCUT2D eigenvalue weighted by molar-refractivity contribution is 5.95. The van der Waals surface area contributed by atoms with E-state index in [1.807, 2.05) is 58.9 Å². The van der Waals surface area contributed by atoms with Crippen molar-refractivity contribution < 1.29 is 14.3 Å². The normalized spacial score (nSPS) is 18.6. The maximum Gasteiger partial charge on any atom is 0.274 e. The summed E-state index contributed by atoms with van der Waals surface area (Å²) in [7, 11) is 0. The molecule has 0 saturated carbocycles. The molecule has 0 bridgehead atoms. The summed E-state index contributed by atoms with van der Waals surface area (Å²) in [6.07, 6.45) is 2.99. The lowest BCUT2D eigenvalue weighted by Crippen LogP contribution is -2.42. The number of anilines is 1. The summed E-state index contributed by atoms with van der Waals surface area (Å²) < 4.78 is 8.08. The lowest BCUT2D eigenvalue weighted by molar-refractivity contribution is -0.121. The standard InChI is InChI=1S/C26H28N4O3/c1-18-6-5-9-21(14-18)28-25(31)20-10-12-29(13-11-20)26(32)24-22-16-33-23(15-30(22)17-27-24)19-7-3-2-4-8-19/h2-9,14,17,20,23H,10-13,15-16H2,1H3,(H,28,31)/t23-/m1/s1. The van der Waals surface area contributed by atoms with Crippen LogP contribution in [-0.2, 0) is 22.7 Å². The number of nitrogens with one attached hydrogen (secondary N) is 1. The topological polar surface area (TPSA) is 76.5 Å². The Balaban J connectivity index is 1.19. The second-order valence-corrected chi connectivity index (χ2v) is 8.83. The second-order valence-electron chi connectivity index (χ2n) is 8.83. The molecule has 5 rings (SSSR count). The number of piperidine rings is 1. The van der Waals surface area contributed by atoms with E-state index in [-0.39, 0.29) is 23.8 Å². The minimum absolute atomic E-state index is 0.0208. The number of carbonyl (C=O) groups excluding carboxylic acids is 2. The fourth-order valence-electron chi connectivity index (χ4n) is 4.64. The number of hydrogen-bond acceptors (Lipinski definition) is 4. The van der Waals surface area contributed by atoms with Crippen LogP contribution in [-0.4, -0.2) is 39.4 Å². The average molecular weight is 445 g/mol. The minimum atomic E-state index is -0.0968. The van der Waals surface area contributed by atoms with Gasteiger partial charge in [-0.2, -0.15) is 0 Å². The number of benzene rings is 2. The monoisotopic (exact) mass is 444 g/mol.